The first kappa shape index (κ1) is 10.5. The van der Waals surface area contributed by atoms with Crippen molar-refractivity contribution in [1.82, 2.24) is 9.97 Å². The van der Waals surface area contributed by atoms with Gasteiger partial charge in [-0.2, -0.15) is 0 Å². The fourth-order valence-electron chi connectivity index (χ4n) is 1.51. The number of halogens is 1. The molecule has 82 valence electrons. The van der Waals surface area contributed by atoms with Crippen LogP contribution in [-0.2, 0) is 6.42 Å². The van der Waals surface area contributed by atoms with Crippen molar-refractivity contribution in [2.75, 3.05) is 0 Å². The Bertz CT molecular complexity index is 563. The zero-order valence-electron chi connectivity index (χ0n) is 8.83. The summed E-state index contributed by atoms with van der Waals surface area (Å²) in [6.45, 7) is 1.71. The first-order chi connectivity index (χ1) is 7.65. The van der Waals surface area contributed by atoms with E-state index in [-0.39, 0.29) is 11.4 Å². The summed E-state index contributed by atoms with van der Waals surface area (Å²) in [4.78, 5) is 17.7. The Balaban J connectivity index is 2.27. The van der Waals surface area contributed by atoms with Gasteiger partial charge in [-0.3, -0.25) is 4.79 Å². The summed E-state index contributed by atoms with van der Waals surface area (Å²) >= 11 is 0. The molecule has 2 aromatic rings. The largest absolute Gasteiger partial charge is 0.310 e. The van der Waals surface area contributed by atoms with E-state index < -0.39 is 0 Å². The van der Waals surface area contributed by atoms with Gasteiger partial charge < -0.3 is 4.98 Å². The summed E-state index contributed by atoms with van der Waals surface area (Å²) in [6.07, 6.45) is 1.96. The number of benzene rings is 1. The Hall–Kier alpha value is -1.97. The third-order valence-corrected chi connectivity index (χ3v) is 2.32. The van der Waals surface area contributed by atoms with Gasteiger partial charge in [0.15, 0.2) is 0 Å². The van der Waals surface area contributed by atoms with Gasteiger partial charge in [-0.25, -0.2) is 9.37 Å². The van der Waals surface area contributed by atoms with Gasteiger partial charge in [0, 0.05) is 18.7 Å². The first-order valence-electron chi connectivity index (χ1n) is 4.94. The number of nitrogens with zero attached hydrogens (tertiary/aromatic N) is 1. The van der Waals surface area contributed by atoms with Gasteiger partial charge in [0.05, 0.1) is 0 Å². The average Bonchev–Trinajstić information content (AvgIpc) is 2.24. The molecule has 0 saturated heterocycles. The van der Waals surface area contributed by atoms with Crippen LogP contribution < -0.4 is 5.56 Å². The SMILES string of the molecule is Cc1cc(Cc2nccc(=O)[nH]2)ccc1F. The maximum absolute atomic E-state index is 13.0. The van der Waals surface area contributed by atoms with Crippen LogP contribution in [0.25, 0.3) is 0 Å². The second-order valence-electron chi connectivity index (χ2n) is 3.64. The van der Waals surface area contributed by atoms with E-state index in [1.807, 2.05) is 0 Å². The quantitative estimate of drug-likeness (QED) is 0.835. The Labute approximate surface area is 92.0 Å². The number of aromatic nitrogens is 2. The third kappa shape index (κ3) is 2.34. The number of aromatic amines is 1. The van der Waals surface area contributed by atoms with E-state index in [9.17, 15) is 9.18 Å². The lowest BCUT2D eigenvalue weighted by Crippen LogP contribution is -2.09. The molecule has 0 atom stereocenters. The van der Waals surface area contributed by atoms with Crippen molar-refractivity contribution in [1.29, 1.82) is 0 Å². The molecule has 4 heteroatoms. The van der Waals surface area contributed by atoms with Gasteiger partial charge in [-0.05, 0) is 24.1 Å². The van der Waals surface area contributed by atoms with E-state index >= 15 is 0 Å². The van der Waals surface area contributed by atoms with Crippen molar-refractivity contribution in [3.05, 3.63) is 63.6 Å². The molecule has 0 unspecified atom stereocenters. The minimum Gasteiger partial charge on any atom is -0.310 e. The Kier molecular flexibility index (Phi) is 2.81. The van der Waals surface area contributed by atoms with Crippen LogP contribution in [0.3, 0.4) is 0 Å². The van der Waals surface area contributed by atoms with Crippen molar-refractivity contribution in [3.63, 3.8) is 0 Å². The fourth-order valence-corrected chi connectivity index (χ4v) is 1.51. The zero-order valence-corrected chi connectivity index (χ0v) is 8.83. The summed E-state index contributed by atoms with van der Waals surface area (Å²) in [6, 6.07) is 6.22. The highest BCUT2D eigenvalue weighted by atomic mass is 19.1. The maximum Gasteiger partial charge on any atom is 0.250 e. The molecule has 0 spiro atoms. The minimum atomic E-state index is -0.224. The van der Waals surface area contributed by atoms with Crippen LogP contribution in [0, 0.1) is 12.7 Å². The second-order valence-corrected chi connectivity index (χ2v) is 3.64. The molecule has 0 aliphatic carbocycles. The van der Waals surface area contributed by atoms with Gasteiger partial charge in [0.2, 0.25) is 0 Å². The molecule has 0 bridgehead atoms. The van der Waals surface area contributed by atoms with Crippen molar-refractivity contribution >= 4 is 0 Å². The molecule has 3 nitrogen and oxygen atoms in total. The molecule has 0 aliphatic heterocycles. The minimum absolute atomic E-state index is 0.177. The van der Waals surface area contributed by atoms with Crippen LogP contribution in [0.4, 0.5) is 4.39 Å². The zero-order chi connectivity index (χ0) is 11.5. The molecule has 1 aromatic heterocycles. The molecule has 0 saturated carbocycles. The van der Waals surface area contributed by atoms with Crippen LogP contribution in [0.2, 0.25) is 0 Å². The highest BCUT2D eigenvalue weighted by molar-refractivity contribution is 5.26. The van der Waals surface area contributed by atoms with Crippen molar-refractivity contribution < 1.29 is 4.39 Å². The molecule has 2 rings (SSSR count). The Morgan fingerprint density at radius 1 is 1.38 bits per heavy atom. The van der Waals surface area contributed by atoms with Gasteiger partial charge in [0.1, 0.15) is 11.6 Å². The van der Waals surface area contributed by atoms with Crippen LogP contribution in [0.1, 0.15) is 17.0 Å². The predicted octanol–water partition coefficient (Wildman–Crippen LogP) is 1.81. The van der Waals surface area contributed by atoms with Gasteiger partial charge >= 0.3 is 0 Å². The molecular formula is C12H11FN2O. The lowest BCUT2D eigenvalue weighted by Gasteiger charge is -2.02. The predicted molar refractivity (Wildman–Crippen MR) is 58.8 cm³/mol. The summed E-state index contributed by atoms with van der Waals surface area (Å²) < 4.78 is 13.0. The lowest BCUT2D eigenvalue weighted by atomic mass is 10.1. The van der Waals surface area contributed by atoms with Crippen molar-refractivity contribution in [3.8, 4) is 0 Å². The summed E-state index contributed by atoms with van der Waals surface area (Å²) in [5.41, 5.74) is 1.34. The Morgan fingerprint density at radius 2 is 2.19 bits per heavy atom. The number of aryl methyl sites for hydroxylation is 1. The number of rotatable bonds is 2. The van der Waals surface area contributed by atoms with E-state index in [4.69, 9.17) is 0 Å². The smallest absolute Gasteiger partial charge is 0.250 e. The molecule has 0 amide bonds. The molecule has 0 fully saturated rings. The number of hydrogen-bond donors (Lipinski definition) is 1. The number of nitrogens with one attached hydrogen (secondary N) is 1. The third-order valence-electron chi connectivity index (χ3n) is 2.32. The van der Waals surface area contributed by atoms with Crippen LogP contribution in [-0.4, -0.2) is 9.97 Å². The van der Waals surface area contributed by atoms with E-state index in [0.29, 0.717) is 17.8 Å². The number of H-pyrrole nitrogens is 1. The fraction of sp³-hybridized carbons (Fsp3) is 0.167. The molecular weight excluding hydrogens is 207 g/mol. The summed E-state index contributed by atoms with van der Waals surface area (Å²) in [7, 11) is 0. The highest BCUT2D eigenvalue weighted by Crippen LogP contribution is 2.11. The van der Waals surface area contributed by atoms with Gasteiger partial charge in [-0.1, -0.05) is 12.1 Å². The van der Waals surface area contributed by atoms with E-state index in [0.717, 1.165) is 5.56 Å². The molecule has 1 aromatic carbocycles. The molecule has 0 radical (unpaired) electrons. The van der Waals surface area contributed by atoms with Gasteiger partial charge in [0.25, 0.3) is 5.56 Å². The second kappa shape index (κ2) is 4.26. The average molecular weight is 218 g/mol. The standard InChI is InChI=1S/C12H11FN2O/c1-8-6-9(2-3-10(8)13)7-11-14-5-4-12(16)15-11/h2-6H,7H2,1H3,(H,14,15,16). The summed E-state index contributed by atoms with van der Waals surface area (Å²) in [5, 5.41) is 0. The van der Waals surface area contributed by atoms with Crippen molar-refractivity contribution in [2.24, 2.45) is 0 Å². The van der Waals surface area contributed by atoms with Gasteiger partial charge in [-0.15, -0.1) is 0 Å². The summed E-state index contributed by atoms with van der Waals surface area (Å²) in [5.74, 6) is 0.358. The normalized spacial score (nSPS) is 10.4. The van der Waals surface area contributed by atoms with E-state index in [1.54, 1.807) is 19.1 Å². The van der Waals surface area contributed by atoms with Crippen molar-refractivity contribution in [2.45, 2.75) is 13.3 Å². The molecule has 16 heavy (non-hydrogen) atoms. The highest BCUT2D eigenvalue weighted by Gasteiger charge is 2.01. The van der Waals surface area contributed by atoms with E-state index in [1.165, 1.54) is 18.3 Å². The van der Waals surface area contributed by atoms with Crippen LogP contribution >= 0.6 is 0 Å². The van der Waals surface area contributed by atoms with E-state index in [2.05, 4.69) is 9.97 Å². The first-order valence-corrected chi connectivity index (χ1v) is 4.94. The molecule has 1 heterocycles. The monoisotopic (exact) mass is 218 g/mol. The molecule has 0 aliphatic rings. The topological polar surface area (TPSA) is 45.8 Å². The number of hydrogen-bond acceptors (Lipinski definition) is 2. The Morgan fingerprint density at radius 3 is 2.88 bits per heavy atom. The van der Waals surface area contributed by atoms with Crippen LogP contribution in [0.15, 0.2) is 35.3 Å². The molecule has 1 N–H and O–H groups in total. The van der Waals surface area contributed by atoms with Crippen LogP contribution in [0.5, 0.6) is 0 Å². The lowest BCUT2D eigenvalue weighted by molar-refractivity contribution is 0.617. The maximum atomic E-state index is 13.0.